The molecule has 0 spiro atoms. The van der Waals surface area contributed by atoms with Gasteiger partial charge in [0.05, 0.1) is 11.2 Å². The summed E-state index contributed by atoms with van der Waals surface area (Å²) in [5.41, 5.74) is -0.107. The molecule has 0 saturated carbocycles. The molecule has 0 bridgehead atoms. The summed E-state index contributed by atoms with van der Waals surface area (Å²) in [5.74, 6) is 0. The zero-order valence-corrected chi connectivity index (χ0v) is 12.6. The van der Waals surface area contributed by atoms with Crippen LogP contribution in [0.25, 0.3) is 0 Å². The van der Waals surface area contributed by atoms with Crippen molar-refractivity contribution in [3.05, 3.63) is 0 Å². The molecule has 0 amide bonds. The van der Waals surface area contributed by atoms with E-state index in [9.17, 15) is 0 Å². The topological polar surface area (TPSA) is 24.5 Å². The summed E-state index contributed by atoms with van der Waals surface area (Å²) in [6.07, 6.45) is 0. The van der Waals surface area contributed by atoms with Gasteiger partial charge in [0.25, 0.3) is 0 Å². The highest BCUT2D eigenvalue weighted by molar-refractivity contribution is 4.92. The molecule has 1 fully saturated rings. The number of rotatable bonds is 4. The average molecular weight is 242 g/mol. The maximum atomic E-state index is 6.12. The van der Waals surface area contributed by atoms with Gasteiger partial charge in [-0.05, 0) is 48.1 Å². The van der Waals surface area contributed by atoms with Gasteiger partial charge >= 0.3 is 0 Å². The second kappa shape index (κ2) is 5.25. The van der Waals surface area contributed by atoms with Crippen LogP contribution < -0.4 is 5.32 Å². The summed E-state index contributed by atoms with van der Waals surface area (Å²) < 4.78 is 6.12. The van der Waals surface area contributed by atoms with Gasteiger partial charge in [0, 0.05) is 25.2 Å². The summed E-state index contributed by atoms with van der Waals surface area (Å²) >= 11 is 0. The van der Waals surface area contributed by atoms with E-state index in [1.807, 2.05) is 0 Å². The van der Waals surface area contributed by atoms with Crippen molar-refractivity contribution in [1.29, 1.82) is 0 Å². The number of hydrogen-bond donors (Lipinski definition) is 1. The lowest BCUT2D eigenvalue weighted by Gasteiger charge is -2.50. The van der Waals surface area contributed by atoms with Gasteiger partial charge in [0.2, 0.25) is 0 Å². The molecule has 0 radical (unpaired) electrons. The third-order valence-corrected chi connectivity index (χ3v) is 3.55. The highest BCUT2D eigenvalue weighted by atomic mass is 16.5. The summed E-state index contributed by atoms with van der Waals surface area (Å²) in [4.78, 5) is 2.55. The molecule has 1 saturated heterocycles. The van der Waals surface area contributed by atoms with E-state index in [1.165, 1.54) is 0 Å². The zero-order chi connectivity index (χ0) is 13.3. The predicted octanol–water partition coefficient (Wildman–Crippen LogP) is 2.26. The van der Waals surface area contributed by atoms with Gasteiger partial charge in [-0.2, -0.15) is 0 Å². The van der Waals surface area contributed by atoms with Crippen LogP contribution in [0.3, 0.4) is 0 Å². The Morgan fingerprint density at radius 1 is 1.12 bits per heavy atom. The largest absolute Gasteiger partial charge is 0.367 e. The molecule has 2 atom stereocenters. The van der Waals surface area contributed by atoms with Crippen molar-refractivity contribution in [1.82, 2.24) is 10.2 Å². The molecule has 3 heteroatoms. The smallest absolute Gasteiger partial charge is 0.0760 e. The van der Waals surface area contributed by atoms with Crippen LogP contribution in [-0.4, -0.2) is 47.8 Å². The van der Waals surface area contributed by atoms with Crippen LogP contribution in [0, 0.1) is 0 Å². The highest BCUT2D eigenvalue weighted by Gasteiger charge is 2.40. The van der Waals surface area contributed by atoms with Gasteiger partial charge in [0.15, 0.2) is 0 Å². The molecule has 0 aromatic heterocycles. The van der Waals surface area contributed by atoms with Gasteiger partial charge < -0.3 is 10.1 Å². The Morgan fingerprint density at radius 2 is 1.59 bits per heavy atom. The maximum absolute atomic E-state index is 6.12. The van der Waals surface area contributed by atoms with Crippen LogP contribution in [-0.2, 0) is 4.74 Å². The second-order valence-corrected chi connectivity index (χ2v) is 6.61. The van der Waals surface area contributed by atoms with Crippen molar-refractivity contribution in [2.45, 2.75) is 71.8 Å². The summed E-state index contributed by atoms with van der Waals surface area (Å²) in [6, 6.07) is 1.06. The number of morpholine rings is 1. The molecule has 1 heterocycles. The van der Waals surface area contributed by atoms with Gasteiger partial charge in [0.1, 0.15) is 0 Å². The quantitative estimate of drug-likeness (QED) is 0.818. The van der Waals surface area contributed by atoms with E-state index in [4.69, 9.17) is 4.74 Å². The first kappa shape index (κ1) is 14.9. The third kappa shape index (κ3) is 4.23. The molecule has 0 aromatic carbocycles. The maximum Gasteiger partial charge on any atom is 0.0760 e. The van der Waals surface area contributed by atoms with Crippen molar-refractivity contribution >= 4 is 0 Å². The molecule has 1 aliphatic rings. The lowest BCUT2D eigenvalue weighted by atomic mass is 9.96. The Bertz CT molecular complexity index is 235. The lowest BCUT2D eigenvalue weighted by Crippen LogP contribution is -2.62. The zero-order valence-electron chi connectivity index (χ0n) is 12.6. The van der Waals surface area contributed by atoms with Crippen molar-refractivity contribution < 1.29 is 4.74 Å². The summed E-state index contributed by atoms with van der Waals surface area (Å²) in [6.45, 7) is 18.5. The first-order valence-corrected chi connectivity index (χ1v) is 6.84. The van der Waals surface area contributed by atoms with E-state index in [1.54, 1.807) is 0 Å². The second-order valence-electron chi connectivity index (χ2n) is 6.61. The Morgan fingerprint density at radius 3 is 2.00 bits per heavy atom. The Kier molecular flexibility index (Phi) is 4.61. The fourth-order valence-corrected chi connectivity index (χ4v) is 2.94. The van der Waals surface area contributed by atoms with E-state index in [2.05, 4.69) is 58.7 Å². The molecule has 0 aliphatic carbocycles. The van der Waals surface area contributed by atoms with Crippen LogP contribution in [0.4, 0.5) is 0 Å². The Balaban J connectivity index is 2.70. The minimum absolute atomic E-state index is 0.0536. The van der Waals surface area contributed by atoms with E-state index in [0.717, 1.165) is 19.6 Å². The van der Waals surface area contributed by atoms with Crippen molar-refractivity contribution in [2.24, 2.45) is 0 Å². The van der Waals surface area contributed by atoms with E-state index < -0.39 is 0 Å². The third-order valence-electron chi connectivity index (χ3n) is 3.55. The number of nitrogens with zero attached hydrogens (tertiary/aromatic N) is 1. The van der Waals surface area contributed by atoms with Crippen LogP contribution in [0.5, 0.6) is 0 Å². The van der Waals surface area contributed by atoms with Crippen LogP contribution in [0.15, 0.2) is 0 Å². The first-order valence-electron chi connectivity index (χ1n) is 6.84. The molecule has 1 rings (SSSR count). The monoisotopic (exact) mass is 242 g/mol. The van der Waals surface area contributed by atoms with Gasteiger partial charge in [-0.25, -0.2) is 0 Å². The molecule has 1 N–H and O–H groups in total. The lowest BCUT2D eigenvalue weighted by molar-refractivity contribution is -0.188. The highest BCUT2D eigenvalue weighted by Crippen LogP contribution is 2.29. The van der Waals surface area contributed by atoms with Gasteiger partial charge in [-0.15, -0.1) is 0 Å². The van der Waals surface area contributed by atoms with E-state index in [0.29, 0.717) is 12.1 Å². The molecule has 1 aliphatic heterocycles. The number of ether oxygens (including phenoxy) is 1. The first-order chi connectivity index (χ1) is 7.67. The number of likely N-dealkylation sites (N-methyl/N-ethyl adjacent to an activating group) is 1. The summed E-state index contributed by atoms with van der Waals surface area (Å²) in [5, 5.41) is 3.51. The fourth-order valence-electron chi connectivity index (χ4n) is 2.94. The molecule has 102 valence electrons. The van der Waals surface area contributed by atoms with Gasteiger partial charge in [-0.3, -0.25) is 4.90 Å². The average Bonchev–Trinajstić information content (AvgIpc) is 2.12. The molecule has 17 heavy (non-hydrogen) atoms. The van der Waals surface area contributed by atoms with Crippen molar-refractivity contribution in [2.75, 3.05) is 19.6 Å². The van der Waals surface area contributed by atoms with Crippen molar-refractivity contribution in [3.63, 3.8) is 0 Å². The predicted molar refractivity (Wildman–Crippen MR) is 73.4 cm³/mol. The van der Waals surface area contributed by atoms with E-state index >= 15 is 0 Å². The SMILES string of the molecule is CCNC(C)C(C)N1CC(C)(C)OC(C)(C)C1. The molecular formula is C14H30N2O. The van der Waals surface area contributed by atoms with E-state index in [-0.39, 0.29) is 11.2 Å². The molecule has 3 nitrogen and oxygen atoms in total. The minimum Gasteiger partial charge on any atom is -0.367 e. The Labute approximate surface area is 107 Å². The van der Waals surface area contributed by atoms with Crippen molar-refractivity contribution in [3.8, 4) is 0 Å². The van der Waals surface area contributed by atoms with Gasteiger partial charge in [-0.1, -0.05) is 6.92 Å². The normalized spacial score (nSPS) is 27.7. The number of nitrogens with one attached hydrogen (secondary N) is 1. The number of hydrogen-bond acceptors (Lipinski definition) is 3. The van der Waals surface area contributed by atoms with Crippen LogP contribution in [0.1, 0.15) is 48.5 Å². The van der Waals surface area contributed by atoms with Crippen LogP contribution >= 0.6 is 0 Å². The molecule has 2 unspecified atom stereocenters. The fraction of sp³-hybridized carbons (Fsp3) is 1.00. The van der Waals surface area contributed by atoms with Crippen LogP contribution in [0.2, 0.25) is 0 Å². The Hall–Kier alpha value is -0.120. The standard InChI is InChI=1S/C14H30N2O/c1-8-15-11(2)12(3)16-9-13(4,5)17-14(6,7)10-16/h11-12,15H,8-10H2,1-7H3. The minimum atomic E-state index is -0.0536. The molecule has 0 aromatic rings. The summed E-state index contributed by atoms with van der Waals surface area (Å²) in [7, 11) is 0. The molecular weight excluding hydrogens is 212 g/mol.